The predicted molar refractivity (Wildman–Crippen MR) is 144 cm³/mol. The summed E-state index contributed by atoms with van der Waals surface area (Å²) >= 11 is 0. The molecule has 0 spiro atoms. The van der Waals surface area contributed by atoms with Crippen molar-refractivity contribution in [1.82, 2.24) is 4.90 Å². The highest BCUT2D eigenvalue weighted by molar-refractivity contribution is 6.22. The third-order valence-electron chi connectivity index (χ3n) is 6.29. The molecular weight excluding hydrogens is 446 g/mol. The molecule has 0 radical (unpaired) electrons. The van der Waals surface area contributed by atoms with E-state index in [2.05, 4.69) is 29.2 Å². The van der Waals surface area contributed by atoms with E-state index in [4.69, 9.17) is 9.73 Å². The molecule has 1 aliphatic heterocycles. The molecule has 0 aliphatic carbocycles. The fourth-order valence-corrected chi connectivity index (χ4v) is 4.54. The molecule has 4 aromatic rings. The third-order valence-corrected chi connectivity index (χ3v) is 6.29. The van der Waals surface area contributed by atoms with Crippen molar-refractivity contribution in [2.45, 2.75) is 25.6 Å². The number of nitrogens with zero attached hydrogens (tertiary/aromatic N) is 3. The zero-order valence-electron chi connectivity index (χ0n) is 20.3. The van der Waals surface area contributed by atoms with Gasteiger partial charge in [-0.3, -0.25) is 4.79 Å². The minimum Gasteiger partial charge on any atom is -0.495 e. The predicted octanol–water partition coefficient (Wildman–Crippen LogP) is 5.71. The molecule has 1 atom stereocenters. The van der Waals surface area contributed by atoms with Crippen molar-refractivity contribution in [3.63, 3.8) is 0 Å². The Kier molecular flexibility index (Phi) is 7.08. The van der Waals surface area contributed by atoms with E-state index < -0.39 is 6.04 Å². The first-order chi connectivity index (χ1) is 17.7. The topological polar surface area (TPSA) is 45.1 Å². The highest BCUT2D eigenvalue weighted by Crippen LogP contribution is 2.33. The van der Waals surface area contributed by atoms with E-state index in [1.807, 2.05) is 91.0 Å². The lowest BCUT2D eigenvalue weighted by Crippen LogP contribution is -2.44. The molecule has 5 nitrogen and oxygen atoms in total. The van der Waals surface area contributed by atoms with Crippen molar-refractivity contribution in [2.75, 3.05) is 12.0 Å². The van der Waals surface area contributed by atoms with Crippen molar-refractivity contribution < 1.29 is 9.53 Å². The van der Waals surface area contributed by atoms with Crippen LogP contribution in [0.3, 0.4) is 0 Å². The summed E-state index contributed by atoms with van der Waals surface area (Å²) in [6.45, 7) is 1.23. The second-order valence-electron chi connectivity index (χ2n) is 8.81. The summed E-state index contributed by atoms with van der Waals surface area (Å²) in [7, 11) is 1.63. The molecule has 180 valence electrons. The first-order valence-corrected chi connectivity index (χ1v) is 12.1. The number of rotatable bonds is 8. The van der Waals surface area contributed by atoms with Crippen LogP contribution in [0.25, 0.3) is 0 Å². The number of anilines is 1. The maximum absolute atomic E-state index is 13.9. The molecule has 1 aliphatic rings. The number of benzene rings is 4. The van der Waals surface area contributed by atoms with Crippen LogP contribution in [0.2, 0.25) is 0 Å². The van der Waals surface area contributed by atoms with Gasteiger partial charge in [0.25, 0.3) is 5.91 Å². The van der Waals surface area contributed by atoms with Crippen LogP contribution in [0.5, 0.6) is 5.75 Å². The zero-order chi connectivity index (χ0) is 24.7. The number of guanidine groups is 1. The first kappa shape index (κ1) is 23.4. The Morgan fingerprint density at radius 2 is 1.22 bits per heavy atom. The minimum absolute atomic E-state index is 0.0514. The van der Waals surface area contributed by atoms with Gasteiger partial charge in [-0.2, -0.15) is 0 Å². The van der Waals surface area contributed by atoms with Gasteiger partial charge < -0.3 is 9.64 Å². The van der Waals surface area contributed by atoms with E-state index in [1.165, 1.54) is 0 Å². The Balaban J connectivity index is 1.58. The Bertz CT molecular complexity index is 1280. The second-order valence-corrected chi connectivity index (χ2v) is 8.81. The second kappa shape index (κ2) is 10.9. The van der Waals surface area contributed by atoms with Gasteiger partial charge in [0, 0.05) is 19.5 Å². The largest absolute Gasteiger partial charge is 0.495 e. The maximum atomic E-state index is 13.9. The molecule has 5 rings (SSSR count). The van der Waals surface area contributed by atoms with E-state index >= 15 is 0 Å². The van der Waals surface area contributed by atoms with E-state index in [-0.39, 0.29) is 5.91 Å². The summed E-state index contributed by atoms with van der Waals surface area (Å²) in [6.07, 6.45) is 0.541. The van der Waals surface area contributed by atoms with Crippen LogP contribution in [0.15, 0.2) is 120 Å². The fourth-order valence-electron chi connectivity index (χ4n) is 4.54. The molecule has 36 heavy (non-hydrogen) atoms. The van der Waals surface area contributed by atoms with Gasteiger partial charge in [0.05, 0.1) is 12.8 Å². The Morgan fingerprint density at radius 1 is 0.722 bits per heavy atom. The van der Waals surface area contributed by atoms with Crippen LogP contribution >= 0.6 is 0 Å². The molecule has 0 aromatic heterocycles. The number of carbonyl (C=O) groups is 1. The van der Waals surface area contributed by atoms with Gasteiger partial charge in [-0.05, 0) is 28.8 Å². The smallest absolute Gasteiger partial charge is 0.259 e. The molecule has 0 N–H and O–H groups in total. The number of methoxy groups -OCH3 is 1. The summed E-state index contributed by atoms with van der Waals surface area (Å²) in [5.41, 5.74) is 4.08. The monoisotopic (exact) mass is 475 g/mol. The summed E-state index contributed by atoms with van der Waals surface area (Å²) in [5.74, 6) is 1.22. The number of amides is 1. The van der Waals surface area contributed by atoms with Gasteiger partial charge in [0.2, 0.25) is 5.96 Å². The first-order valence-electron chi connectivity index (χ1n) is 12.1. The molecule has 1 amide bonds. The van der Waals surface area contributed by atoms with E-state index in [1.54, 1.807) is 12.0 Å². The van der Waals surface area contributed by atoms with Crippen LogP contribution in [0.4, 0.5) is 5.69 Å². The molecule has 1 heterocycles. The molecule has 4 aromatic carbocycles. The highest BCUT2D eigenvalue weighted by atomic mass is 16.5. The van der Waals surface area contributed by atoms with Gasteiger partial charge >= 0.3 is 0 Å². The molecule has 5 heteroatoms. The molecule has 0 bridgehead atoms. The number of carbonyl (C=O) groups excluding carboxylic acids is 1. The van der Waals surface area contributed by atoms with Crippen molar-refractivity contribution in [2.24, 2.45) is 4.99 Å². The minimum atomic E-state index is -0.513. The van der Waals surface area contributed by atoms with E-state index in [0.29, 0.717) is 36.9 Å². The molecule has 1 unspecified atom stereocenters. The Labute approximate surface area is 212 Å². The maximum Gasteiger partial charge on any atom is 0.259 e. The summed E-state index contributed by atoms with van der Waals surface area (Å²) in [6, 6.07) is 37.7. The van der Waals surface area contributed by atoms with Crippen LogP contribution in [0.1, 0.15) is 16.7 Å². The van der Waals surface area contributed by atoms with Gasteiger partial charge in [-0.25, -0.2) is 9.89 Å². The Hall–Kier alpha value is -4.38. The van der Waals surface area contributed by atoms with Crippen LogP contribution < -0.4 is 9.64 Å². The van der Waals surface area contributed by atoms with Gasteiger partial charge in [0.15, 0.2) is 0 Å². The highest BCUT2D eigenvalue weighted by Gasteiger charge is 2.39. The Morgan fingerprint density at radius 3 is 1.78 bits per heavy atom. The summed E-state index contributed by atoms with van der Waals surface area (Å²) in [4.78, 5) is 22.9. The van der Waals surface area contributed by atoms with E-state index in [9.17, 15) is 4.79 Å². The standard InChI is InChI=1S/C31H29N3O2/c1-36-29-20-12-11-19-28(29)34-30(35)27(21-24-13-5-2-6-14-24)32-31(34)33(22-25-15-7-3-8-16-25)23-26-17-9-4-10-18-26/h2-20,27H,21-23H2,1H3. The quantitative estimate of drug-likeness (QED) is 0.328. The van der Waals surface area contributed by atoms with Crippen LogP contribution in [-0.2, 0) is 24.3 Å². The third kappa shape index (κ3) is 5.15. The number of hydrogen-bond donors (Lipinski definition) is 0. The number of para-hydroxylation sites is 2. The zero-order valence-corrected chi connectivity index (χ0v) is 20.3. The normalized spacial score (nSPS) is 15.0. The lowest BCUT2D eigenvalue weighted by molar-refractivity contribution is -0.118. The molecule has 0 saturated carbocycles. The molecule has 0 saturated heterocycles. The summed E-state index contributed by atoms with van der Waals surface area (Å²) in [5, 5.41) is 0. The van der Waals surface area contributed by atoms with Crippen LogP contribution in [0, 0.1) is 0 Å². The average molecular weight is 476 g/mol. The molecule has 0 fully saturated rings. The van der Waals surface area contributed by atoms with Crippen molar-refractivity contribution >= 4 is 17.6 Å². The average Bonchev–Trinajstić information content (AvgIpc) is 3.25. The number of hydrogen-bond acceptors (Lipinski definition) is 4. The molecular formula is C31H29N3O2. The number of aliphatic imine (C=N–C) groups is 1. The van der Waals surface area contributed by atoms with Crippen molar-refractivity contribution in [3.8, 4) is 5.75 Å². The van der Waals surface area contributed by atoms with Crippen molar-refractivity contribution in [3.05, 3.63) is 132 Å². The lowest BCUT2D eigenvalue weighted by Gasteiger charge is -2.31. The van der Waals surface area contributed by atoms with Crippen LogP contribution in [-0.4, -0.2) is 29.9 Å². The summed E-state index contributed by atoms with van der Waals surface area (Å²) < 4.78 is 5.66. The lowest BCUT2D eigenvalue weighted by atomic mass is 10.1. The number of ether oxygens (including phenoxy) is 1. The van der Waals surface area contributed by atoms with Crippen molar-refractivity contribution in [1.29, 1.82) is 0 Å². The van der Waals surface area contributed by atoms with Gasteiger partial charge in [0.1, 0.15) is 11.8 Å². The fraction of sp³-hybridized carbons (Fsp3) is 0.161. The van der Waals surface area contributed by atoms with E-state index in [0.717, 1.165) is 16.7 Å². The van der Waals surface area contributed by atoms with Gasteiger partial charge in [-0.1, -0.05) is 103 Å². The van der Waals surface area contributed by atoms with Gasteiger partial charge in [-0.15, -0.1) is 0 Å². The SMILES string of the molecule is COc1ccccc1N1C(=O)C(Cc2ccccc2)N=C1N(Cc1ccccc1)Cc1ccccc1.